The maximum atomic E-state index is 2.44. The van der Waals surface area contributed by atoms with Crippen LogP contribution in [0.3, 0.4) is 0 Å². The smallest absolute Gasteiger partial charge is 0.139 e. The van der Waals surface area contributed by atoms with Crippen molar-refractivity contribution in [1.29, 1.82) is 0 Å². The molecule has 144 valence electrons. The van der Waals surface area contributed by atoms with Gasteiger partial charge in [-0.15, -0.1) is 11.3 Å². The Hall–Kier alpha value is -3.56. The standard InChI is InChI=1S/C28H18BNS/c29-18-11-14-24-23(15-18)22-8-3-5-17-6-4-9-25(28(17)22)30(24)19-12-13-21-20-7-1-2-10-26(20)31-27(21)16-19/h1-16H,29H2. The largest absolute Gasteiger partial charge is 0.309 e. The van der Waals surface area contributed by atoms with Gasteiger partial charge in [-0.25, -0.2) is 0 Å². The lowest BCUT2D eigenvalue weighted by Crippen LogP contribution is -2.16. The Labute approximate surface area is 185 Å². The van der Waals surface area contributed by atoms with E-state index in [1.807, 2.05) is 11.3 Å². The molecule has 0 unspecified atom stereocenters. The summed E-state index contributed by atoms with van der Waals surface area (Å²) in [5.74, 6) is 0. The van der Waals surface area contributed by atoms with E-state index in [0.29, 0.717) is 0 Å². The molecule has 0 atom stereocenters. The van der Waals surface area contributed by atoms with Crippen LogP contribution in [-0.2, 0) is 0 Å². The molecule has 31 heavy (non-hydrogen) atoms. The Morgan fingerprint density at radius 1 is 0.613 bits per heavy atom. The first-order chi connectivity index (χ1) is 15.3. The van der Waals surface area contributed by atoms with Gasteiger partial charge in [0.15, 0.2) is 0 Å². The first-order valence-corrected chi connectivity index (χ1v) is 11.4. The fourth-order valence-corrected chi connectivity index (χ4v) is 6.19. The van der Waals surface area contributed by atoms with Crippen LogP contribution < -0.4 is 10.4 Å². The Bertz CT molecular complexity index is 1660. The zero-order valence-corrected chi connectivity index (χ0v) is 17.9. The second-order valence-corrected chi connectivity index (χ2v) is 9.40. The summed E-state index contributed by atoms with van der Waals surface area (Å²) < 4.78 is 2.68. The van der Waals surface area contributed by atoms with Crippen molar-refractivity contribution in [3.8, 4) is 11.1 Å². The molecule has 0 N–H and O–H groups in total. The number of benzene rings is 5. The third-order valence-corrected chi connectivity index (χ3v) is 7.56. The monoisotopic (exact) mass is 411 g/mol. The van der Waals surface area contributed by atoms with Crippen LogP contribution in [0.25, 0.3) is 42.1 Å². The average molecular weight is 411 g/mol. The molecule has 1 nitrogen and oxygen atoms in total. The minimum absolute atomic E-state index is 1.21. The molecule has 1 aromatic heterocycles. The fourth-order valence-electron chi connectivity index (χ4n) is 5.05. The van der Waals surface area contributed by atoms with Crippen LogP contribution in [0.2, 0.25) is 0 Å². The van der Waals surface area contributed by atoms with Gasteiger partial charge in [-0.2, -0.15) is 0 Å². The minimum atomic E-state index is 1.21. The quantitative estimate of drug-likeness (QED) is 0.265. The molecule has 0 bridgehead atoms. The van der Waals surface area contributed by atoms with Crippen LogP contribution in [-0.4, -0.2) is 7.85 Å². The van der Waals surface area contributed by atoms with Crippen LogP contribution >= 0.6 is 11.3 Å². The minimum Gasteiger partial charge on any atom is -0.309 e. The van der Waals surface area contributed by atoms with E-state index in [4.69, 9.17) is 0 Å². The predicted octanol–water partition coefficient (Wildman–Crippen LogP) is 6.92. The van der Waals surface area contributed by atoms with Crippen molar-refractivity contribution < 1.29 is 0 Å². The van der Waals surface area contributed by atoms with Crippen LogP contribution in [0.5, 0.6) is 0 Å². The molecule has 0 radical (unpaired) electrons. The van der Waals surface area contributed by atoms with E-state index in [-0.39, 0.29) is 0 Å². The number of fused-ring (bicyclic) bond motifs is 5. The van der Waals surface area contributed by atoms with Gasteiger partial charge in [0.25, 0.3) is 0 Å². The fraction of sp³-hybridized carbons (Fsp3) is 0. The number of hydrogen-bond donors (Lipinski definition) is 0. The van der Waals surface area contributed by atoms with Crippen molar-refractivity contribution in [1.82, 2.24) is 0 Å². The van der Waals surface area contributed by atoms with Crippen LogP contribution in [0.15, 0.2) is 97.1 Å². The topological polar surface area (TPSA) is 3.24 Å². The summed E-state index contributed by atoms with van der Waals surface area (Å²) in [7, 11) is 2.18. The number of nitrogens with zero attached hydrogens (tertiary/aromatic N) is 1. The second kappa shape index (κ2) is 6.22. The Balaban J connectivity index is 1.56. The molecule has 7 rings (SSSR count). The van der Waals surface area contributed by atoms with Gasteiger partial charge < -0.3 is 4.90 Å². The molecule has 0 spiro atoms. The lowest BCUT2D eigenvalue weighted by Gasteiger charge is -2.33. The molecule has 3 heteroatoms. The highest BCUT2D eigenvalue weighted by Gasteiger charge is 2.26. The van der Waals surface area contributed by atoms with E-state index < -0.39 is 0 Å². The Kier molecular flexibility index (Phi) is 3.45. The predicted molar refractivity (Wildman–Crippen MR) is 139 cm³/mol. The van der Waals surface area contributed by atoms with Gasteiger partial charge in [-0.1, -0.05) is 72.2 Å². The summed E-state index contributed by atoms with van der Waals surface area (Å²) in [6.45, 7) is 0. The highest BCUT2D eigenvalue weighted by atomic mass is 32.1. The van der Waals surface area contributed by atoms with Crippen molar-refractivity contribution >= 4 is 72.7 Å². The van der Waals surface area contributed by atoms with Crippen LogP contribution in [0.1, 0.15) is 0 Å². The van der Waals surface area contributed by atoms with Gasteiger partial charge in [-0.3, -0.25) is 0 Å². The first kappa shape index (κ1) is 17.2. The van der Waals surface area contributed by atoms with Crippen molar-refractivity contribution in [2.75, 3.05) is 4.90 Å². The summed E-state index contributed by atoms with van der Waals surface area (Å²) in [5.41, 5.74) is 7.63. The molecule has 0 saturated carbocycles. The molecule has 0 saturated heterocycles. The van der Waals surface area contributed by atoms with Gasteiger partial charge in [0.2, 0.25) is 0 Å². The van der Waals surface area contributed by atoms with Gasteiger partial charge in [-0.05, 0) is 41.3 Å². The van der Waals surface area contributed by atoms with E-state index in [9.17, 15) is 0 Å². The van der Waals surface area contributed by atoms with Crippen molar-refractivity contribution in [2.24, 2.45) is 0 Å². The molecular weight excluding hydrogens is 393 g/mol. The number of anilines is 3. The first-order valence-electron chi connectivity index (χ1n) is 10.6. The van der Waals surface area contributed by atoms with E-state index in [0.717, 1.165) is 0 Å². The van der Waals surface area contributed by atoms with Crippen molar-refractivity contribution in [3.63, 3.8) is 0 Å². The summed E-state index contributed by atoms with van der Waals surface area (Å²) in [6, 6.07) is 35.7. The third kappa shape index (κ3) is 2.38. The molecule has 1 aliphatic rings. The summed E-state index contributed by atoms with van der Waals surface area (Å²) in [6.07, 6.45) is 0. The van der Waals surface area contributed by atoms with E-state index in [1.54, 1.807) is 0 Å². The summed E-state index contributed by atoms with van der Waals surface area (Å²) in [5, 5.41) is 5.30. The zero-order chi connectivity index (χ0) is 20.5. The Morgan fingerprint density at radius 3 is 2.39 bits per heavy atom. The van der Waals surface area contributed by atoms with Crippen molar-refractivity contribution in [3.05, 3.63) is 97.1 Å². The molecule has 0 amide bonds. The highest BCUT2D eigenvalue weighted by molar-refractivity contribution is 7.25. The van der Waals surface area contributed by atoms with Crippen LogP contribution in [0, 0.1) is 0 Å². The molecule has 0 aliphatic carbocycles. The summed E-state index contributed by atoms with van der Waals surface area (Å²) >= 11 is 1.88. The number of rotatable bonds is 1. The van der Waals surface area contributed by atoms with E-state index >= 15 is 0 Å². The highest BCUT2D eigenvalue weighted by Crippen LogP contribution is 2.51. The SMILES string of the molecule is Bc1ccc2c(c1)-c1cccc3cccc(c13)N2c1ccc2c(c1)sc1ccccc12. The number of thiophene rings is 1. The third-order valence-electron chi connectivity index (χ3n) is 6.43. The molecular formula is C28H18BNS. The normalized spacial score (nSPS) is 12.6. The van der Waals surface area contributed by atoms with Gasteiger partial charge >= 0.3 is 0 Å². The number of hydrogen-bond acceptors (Lipinski definition) is 2. The molecule has 6 aromatic rings. The molecule has 2 heterocycles. The zero-order valence-electron chi connectivity index (χ0n) is 17.1. The van der Waals surface area contributed by atoms with Crippen LogP contribution in [0.4, 0.5) is 17.1 Å². The van der Waals surface area contributed by atoms with E-state index in [1.165, 1.54) is 64.6 Å². The van der Waals surface area contributed by atoms with Crippen molar-refractivity contribution in [2.45, 2.75) is 0 Å². The lowest BCUT2D eigenvalue weighted by atomic mass is 9.86. The maximum Gasteiger partial charge on any atom is 0.139 e. The molecule has 0 fully saturated rings. The summed E-state index contributed by atoms with van der Waals surface area (Å²) in [4.78, 5) is 2.44. The van der Waals surface area contributed by atoms with E-state index in [2.05, 4.69) is 110 Å². The van der Waals surface area contributed by atoms with Gasteiger partial charge in [0.05, 0.1) is 11.4 Å². The lowest BCUT2D eigenvalue weighted by molar-refractivity contribution is 1.29. The average Bonchev–Trinajstić information content (AvgIpc) is 3.17. The maximum absolute atomic E-state index is 2.44. The Morgan fingerprint density at radius 2 is 1.45 bits per heavy atom. The molecule has 5 aromatic carbocycles. The van der Waals surface area contributed by atoms with Gasteiger partial charge in [0.1, 0.15) is 7.85 Å². The second-order valence-electron chi connectivity index (χ2n) is 8.32. The van der Waals surface area contributed by atoms with Gasteiger partial charge in [0, 0.05) is 36.8 Å². The molecule has 1 aliphatic heterocycles.